The first kappa shape index (κ1) is 7.17. The van der Waals surface area contributed by atoms with Crippen molar-refractivity contribution in [3.05, 3.63) is 0 Å². The van der Waals surface area contributed by atoms with Crippen molar-refractivity contribution in [3.63, 3.8) is 0 Å². The molecular formula is C2HBrClFO2. The van der Waals surface area contributed by atoms with Gasteiger partial charge in [-0.25, -0.2) is 9.18 Å². The van der Waals surface area contributed by atoms with Gasteiger partial charge in [0.2, 0.25) is 0 Å². The van der Waals surface area contributed by atoms with Crippen molar-refractivity contribution < 1.29 is 14.3 Å². The fourth-order valence-corrected chi connectivity index (χ4v) is 0. The minimum absolute atomic E-state index is 1.74. The first-order valence-corrected chi connectivity index (χ1v) is 2.42. The Hall–Kier alpha value is 0.170. The van der Waals surface area contributed by atoms with Crippen molar-refractivity contribution in [3.8, 4) is 0 Å². The minimum Gasteiger partial charge on any atom is -0.477 e. The van der Waals surface area contributed by atoms with Gasteiger partial charge in [0, 0.05) is 0 Å². The number of carboxylic acid groups (broad SMARTS) is 1. The van der Waals surface area contributed by atoms with Gasteiger partial charge in [-0.1, -0.05) is 11.6 Å². The third kappa shape index (κ3) is 2.82. The van der Waals surface area contributed by atoms with Crippen molar-refractivity contribution in [1.82, 2.24) is 0 Å². The first-order valence-electron chi connectivity index (χ1n) is 1.24. The van der Waals surface area contributed by atoms with Gasteiger partial charge in [-0.2, -0.15) is 0 Å². The second-order valence-electron chi connectivity index (χ2n) is 0.803. The molecule has 0 saturated heterocycles. The maximum atomic E-state index is 11.6. The molecule has 0 aliphatic carbocycles. The van der Waals surface area contributed by atoms with Crippen molar-refractivity contribution in [1.29, 1.82) is 0 Å². The normalized spacial score (nSPS) is 18.1. The fourth-order valence-electron chi connectivity index (χ4n) is 0. The number of carbonyl (C=O) groups is 1. The van der Waals surface area contributed by atoms with E-state index in [-0.39, 0.29) is 0 Å². The van der Waals surface area contributed by atoms with Crippen LogP contribution in [0.1, 0.15) is 0 Å². The molecule has 0 rings (SSSR count). The van der Waals surface area contributed by atoms with E-state index in [0.29, 0.717) is 0 Å². The van der Waals surface area contributed by atoms with E-state index in [1.54, 1.807) is 0 Å². The molecule has 0 saturated carbocycles. The van der Waals surface area contributed by atoms with E-state index in [4.69, 9.17) is 5.11 Å². The summed E-state index contributed by atoms with van der Waals surface area (Å²) in [6, 6.07) is 0. The maximum absolute atomic E-state index is 11.6. The second-order valence-corrected chi connectivity index (χ2v) is 2.87. The molecule has 0 fully saturated rings. The molecule has 1 N–H and O–H groups in total. The highest BCUT2D eigenvalue weighted by molar-refractivity contribution is 9.10. The van der Waals surface area contributed by atoms with Gasteiger partial charge < -0.3 is 5.11 Å². The van der Waals surface area contributed by atoms with E-state index in [0.717, 1.165) is 0 Å². The lowest BCUT2D eigenvalue weighted by Crippen LogP contribution is -2.17. The van der Waals surface area contributed by atoms with E-state index in [2.05, 4.69) is 11.6 Å². The predicted octanol–water partition coefficient (Wildman–Crippen LogP) is 1.33. The van der Waals surface area contributed by atoms with Crippen molar-refractivity contribution in [2.45, 2.75) is 4.04 Å². The lowest BCUT2D eigenvalue weighted by Gasteiger charge is -1.98. The van der Waals surface area contributed by atoms with Gasteiger partial charge in [0.1, 0.15) is 0 Å². The van der Waals surface area contributed by atoms with Gasteiger partial charge in [0.15, 0.2) is 0 Å². The fraction of sp³-hybridized carbons (Fsp3) is 0.500. The summed E-state index contributed by atoms with van der Waals surface area (Å²) >= 11 is 6.56. The molecule has 2 nitrogen and oxygen atoms in total. The zero-order chi connectivity index (χ0) is 6.08. The third-order valence-electron chi connectivity index (χ3n) is 0.243. The van der Waals surface area contributed by atoms with Crippen LogP contribution in [0.25, 0.3) is 0 Å². The van der Waals surface area contributed by atoms with Crippen LogP contribution in [0.3, 0.4) is 0 Å². The minimum atomic E-state index is -2.80. The Morgan fingerprint density at radius 3 is 2.14 bits per heavy atom. The van der Waals surface area contributed by atoms with Crippen LogP contribution in [-0.4, -0.2) is 15.1 Å². The van der Waals surface area contributed by atoms with Gasteiger partial charge in [-0.15, -0.1) is 0 Å². The zero-order valence-electron chi connectivity index (χ0n) is 2.99. The standard InChI is InChI=1S/C2HBrClFO2/c3-2(4,5)1(6)7/h(H,6,7)/t2-/m1/s1. The van der Waals surface area contributed by atoms with E-state index in [1.165, 1.54) is 0 Å². The number of aliphatic carboxylic acids is 1. The van der Waals surface area contributed by atoms with E-state index in [9.17, 15) is 9.18 Å². The Labute approximate surface area is 52.4 Å². The molecule has 0 aliphatic rings. The highest BCUT2D eigenvalue weighted by Crippen LogP contribution is 2.24. The van der Waals surface area contributed by atoms with Crippen LogP contribution in [0.15, 0.2) is 0 Å². The summed E-state index contributed by atoms with van der Waals surface area (Å²) in [7, 11) is 0. The largest absolute Gasteiger partial charge is 0.477 e. The molecule has 0 unspecified atom stereocenters. The van der Waals surface area contributed by atoms with Crippen LogP contribution in [0, 0.1) is 0 Å². The third-order valence-corrected chi connectivity index (χ3v) is 0.743. The average molecular weight is 191 g/mol. The van der Waals surface area contributed by atoms with Crippen molar-refractivity contribution in [2.75, 3.05) is 0 Å². The van der Waals surface area contributed by atoms with Gasteiger partial charge in [-0.05, 0) is 15.9 Å². The summed E-state index contributed by atoms with van der Waals surface area (Å²) in [5.41, 5.74) is 0. The van der Waals surface area contributed by atoms with Crippen LogP contribution in [0.5, 0.6) is 0 Å². The Kier molecular flexibility index (Phi) is 2.01. The van der Waals surface area contributed by atoms with Crippen LogP contribution in [0.4, 0.5) is 4.39 Å². The molecule has 42 valence electrons. The molecule has 0 aromatic carbocycles. The molecule has 0 aromatic rings. The number of halogens is 3. The number of alkyl halides is 3. The molecule has 0 aromatic heterocycles. The smallest absolute Gasteiger partial charge is 0.368 e. The molecule has 5 heteroatoms. The topological polar surface area (TPSA) is 37.3 Å². The Morgan fingerprint density at radius 2 is 2.14 bits per heavy atom. The Balaban J connectivity index is 3.79. The first-order chi connectivity index (χ1) is 2.94. The molecule has 0 spiro atoms. The number of hydrogen-bond acceptors (Lipinski definition) is 1. The predicted molar refractivity (Wildman–Crippen MR) is 26.3 cm³/mol. The summed E-state index contributed by atoms with van der Waals surface area (Å²) < 4.78 is 8.80. The summed E-state index contributed by atoms with van der Waals surface area (Å²) in [5.74, 6) is -1.74. The molecule has 0 radical (unpaired) electrons. The van der Waals surface area contributed by atoms with Crippen LogP contribution in [0.2, 0.25) is 0 Å². The number of rotatable bonds is 1. The number of carboxylic acids is 1. The monoisotopic (exact) mass is 190 g/mol. The zero-order valence-corrected chi connectivity index (χ0v) is 5.33. The lowest BCUT2D eigenvalue weighted by molar-refractivity contribution is -0.140. The SMILES string of the molecule is O=C(O)[C@](F)(Cl)Br. The Bertz CT molecular complexity index is 88.2. The molecule has 0 aliphatic heterocycles. The molecule has 7 heavy (non-hydrogen) atoms. The van der Waals surface area contributed by atoms with Crippen LogP contribution >= 0.6 is 27.5 Å². The van der Waals surface area contributed by atoms with Gasteiger partial charge in [0.25, 0.3) is 0 Å². The van der Waals surface area contributed by atoms with E-state index >= 15 is 0 Å². The highest BCUT2D eigenvalue weighted by atomic mass is 79.9. The molecular weight excluding hydrogens is 190 g/mol. The Morgan fingerprint density at radius 1 is 2.00 bits per heavy atom. The van der Waals surface area contributed by atoms with Crippen LogP contribution < -0.4 is 0 Å². The molecule has 0 amide bonds. The summed E-state index contributed by atoms with van der Waals surface area (Å²) in [6.07, 6.45) is 0. The van der Waals surface area contributed by atoms with Gasteiger partial charge >= 0.3 is 10.0 Å². The van der Waals surface area contributed by atoms with Crippen molar-refractivity contribution in [2.24, 2.45) is 0 Å². The van der Waals surface area contributed by atoms with Gasteiger partial charge in [0.05, 0.1) is 0 Å². The molecule has 0 heterocycles. The van der Waals surface area contributed by atoms with Crippen LogP contribution in [-0.2, 0) is 4.79 Å². The average Bonchev–Trinajstić information content (AvgIpc) is 1.31. The van der Waals surface area contributed by atoms with E-state index in [1.807, 2.05) is 15.9 Å². The van der Waals surface area contributed by atoms with Gasteiger partial charge in [-0.3, -0.25) is 0 Å². The summed E-state index contributed by atoms with van der Waals surface area (Å²) in [4.78, 5) is 9.47. The summed E-state index contributed by atoms with van der Waals surface area (Å²) in [5, 5.41) is 7.70. The van der Waals surface area contributed by atoms with Crippen molar-refractivity contribution >= 4 is 33.5 Å². The van der Waals surface area contributed by atoms with E-state index < -0.39 is 10.0 Å². The lowest BCUT2D eigenvalue weighted by atomic mass is 10.8. The molecule has 0 bridgehead atoms. The second kappa shape index (κ2) is 1.96. The molecule has 1 atom stereocenters. The highest BCUT2D eigenvalue weighted by Gasteiger charge is 2.31. The number of hydrogen-bond donors (Lipinski definition) is 1. The summed E-state index contributed by atoms with van der Waals surface area (Å²) in [6.45, 7) is 0. The maximum Gasteiger partial charge on any atom is 0.368 e. The quantitative estimate of drug-likeness (QED) is 0.635.